The van der Waals surface area contributed by atoms with E-state index in [9.17, 15) is 4.79 Å². The highest BCUT2D eigenvalue weighted by molar-refractivity contribution is 6.31. The highest BCUT2D eigenvalue weighted by Crippen LogP contribution is 2.21. The number of carbonyl (C=O) groups excluding carboxylic acids is 1. The molecule has 1 aromatic rings. The standard InChI is InChI=1S/C15H20ClNO/c1-11-6-7-12(2)17(9-11)10-15(18)13-4-3-5-14(16)8-13/h3-5,8,11-12H,6-7,9-10H2,1-2H3. The van der Waals surface area contributed by atoms with Crippen LogP contribution in [0.15, 0.2) is 24.3 Å². The minimum Gasteiger partial charge on any atom is -0.293 e. The summed E-state index contributed by atoms with van der Waals surface area (Å²) in [4.78, 5) is 14.5. The Balaban J connectivity index is 2.02. The summed E-state index contributed by atoms with van der Waals surface area (Å²) in [5.74, 6) is 0.854. The van der Waals surface area contributed by atoms with Crippen LogP contribution >= 0.6 is 11.6 Å². The van der Waals surface area contributed by atoms with Gasteiger partial charge in [0.15, 0.2) is 5.78 Å². The largest absolute Gasteiger partial charge is 0.293 e. The number of rotatable bonds is 3. The fraction of sp³-hybridized carbons (Fsp3) is 0.533. The Morgan fingerprint density at radius 1 is 1.39 bits per heavy atom. The lowest BCUT2D eigenvalue weighted by molar-refractivity contribution is 0.0805. The van der Waals surface area contributed by atoms with Gasteiger partial charge < -0.3 is 0 Å². The summed E-state index contributed by atoms with van der Waals surface area (Å²) in [6, 6.07) is 7.72. The minimum atomic E-state index is 0.165. The number of carbonyl (C=O) groups is 1. The van der Waals surface area contributed by atoms with E-state index >= 15 is 0 Å². The lowest BCUT2D eigenvalue weighted by Gasteiger charge is -2.36. The zero-order valence-corrected chi connectivity index (χ0v) is 11.8. The SMILES string of the molecule is CC1CCC(C)N(CC(=O)c2cccc(Cl)c2)C1. The van der Waals surface area contributed by atoms with Crippen LogP contribution in [0.5, 0.6) is 0 Å². The second-order valence-electron chi connectivity index (χ2n) is 5.39. The molecule has 3 heteroatoms. The van der Waals surface area contributed by atoms with Gasteiger partial charge in [0.1, 0.15) is 0 Å². The molecule has 2 atom stereocenters. The second-order valence-corrected chi connectivity index (χ2v) is 5.83. The molecule has 98 valence electrons. The summed E-state index contributed by atoms with van der Waals surface area (Å²) in [5, 5.41) is 0.626. The molecule has 18 heavy (non-hydrogen) atoms. The molecular weight excluding hydrogens is 246 g/mol. The molecule has 1 aliphatic heterocycles. The smallest absolute Gasteiger partial charge is 0.176 e. The maximum atomic E-state index is 12.2. The molecule has 2 nitrogen and oxygen atoms in total. The fourth-order valence-electron chi connectivity index (χ4n) is 2.54. The van der Waals surface area contributed by atoms with Gasteiger partial charge in [0.05, 0.1) is 6.54 Å². The van der Waals surface area contributed by atoms with Crippen molar-refractivity contribution in [3.8, 4) is 0 Å². The van der Waals surface area contributed by atoms with Crippen LogP contribution in [0.25, 0.3) is 0 Å². The molecule has 0 bridgehead atoms. The van der Waals surface area contributed by atoms with E-state index in [2.05, 4.69) is 18.7 Å². The highest BCUT2D eigenvalue weighted by Gasteiger charge is 2.24. The summed E-state index contributed by atoms with van der Waals surface area (Å²) >= 11 is 5.92. The zero-order chi connectivity index (χ0) is 13.1. The van der Waals surface area contributed by atoms with Crippen molar-refractivity contribution < 1.29 is 4.79 Å². The van der Waals surface area contributed by atoms with Crippen LogP contribution in [-0.4, -0.2) is 29.8 Å². The van der Waals surface area contributed by atoms with Crippen LogP contribution in [0.4, 0.5) is 0 Å². The number of likely N-dealkylation sites (tertiary alicyclic amines) is 1. The molecule has 0 spiro atoms. The van der Waals surface area contributed by atoms with Crippen molar-refractivity contribution in [3.63, 3.8) is 0 Å². The van der Waals surface area contributed by atoms with E-state index in [1.54, 1.807) is 12.1 Å². The van der Waals surface area contributed by atoms with Crippen molar-refractivity contribution in [2.24, 2.45) is 5.92 Å². The molecule has 1 fully saturated rings. The van der Waals surface area contributed by atoms with Gasteiger partial charge in [0.2, 0.25) is 0 Å². The Hall–Kier alpha value is -0.860. The second kappa shape index (κ2) is 5.85. The Morgan fingerprint density at radius 3 is 2.89 bits per heavy atom. The summed E-state index contributed by atoms with van der Waals surface area (Å²) in [6.45, 7) is 5.99. The molecule has 0 aromatic heterocycles. The Morgan fingerprint density at radius 2 is 2.17 bits per heavy atom. The van der Waals surface area contributed by atoms with Crippen molar-refractivity contribution in [2.45, 2.75) is 32.7 Å². The van der Waals surface area contributed by atoms with Gasteiger partial charge in [-0.2, -0.15) is 0 Å². The first kappa shape index (κ1) is 13.6. The average Bonchev–Trinajstić information content (AvgIpc) is 2.34. The summed E-state index contributed by atoms with van der Waals surface area (Å²) in [7, 11) is 0. The van der Waals surface area contributed by atoms with E-state index in [1.807, 2.05) is 12.1 Å². The third kappa shape index (κ3) is 3.33. The third-order valence-corrected chi connectivity index (χ3v) is 3.98. The maximum absolute atomic E-state index is 12.2. The van der Waals surface area contributed by atoms with E-state index in [0.717, 1.165) is 6.54 Å². The molecule has 0 saturated carbocycles. The number of nitrogens with zero attached hydrogens (tertiary/aromatic N) is 1. The molecule has 2 rings (SSSR count). The zero-order valence-electron chi connectivity index (χ0n) is 11.0. The number of benzene rings is 1. The van der Waals surface area contributed by atoms with Gasteiger partial charge in [-0.3, -0.25) is 9.69 Å². The topological polar surface area (TPSA) is 20.3 Å². The Bertz CT molecular complexity index is 432. The van der Waals surface area contributed by atoms with E-state index in [1.165, 1.54) is 12.8 Å². The van der Waals surface area contributed by atoms with Crippen LogP contribution in [0, 0.1) is 5.92 Å². The summed E-state index contributed by atoms with van der Waals surface area (Å²) < 4.78 is 0. The van der Waals surface area contributed by atoms with E-state index < -0.39 is 0 Å². The van der Waals surface area contributed by atoms with Crippen LogP contribution in [-0.2, 0) is 0 Å². The van der Waals surface area contributed by atoms with Crippen molar-refractivity contribution in [1.29, 1.82) is 0 Å². The first-order valence-electron chi connectivity index (χ1n) is 6.59. The number of piperidine rings is 1. The lowest BCUT2D eigenvalue weighted by Crippen LogP contribution is -2.43. The van der Waals surface area contributed by atoms with Crippen LogP contribution in [0.2, 0.25) is 5.02 Å². The van der Waals surface area contributed by atoms with Crippen molar-refractivity contribution in [3.05, 3.63) is 34.9 Å². The lowest BCUT2D eigenvalue weighted by atomic mass is 9.94. The number of Topliss-reactive ketones (excluding diaryl/α,β-unsaturated/α-hetero) is 1. The van der Waals surface area contributed by atoms with Gasteiger partial charge in [0, 0.05) is 23.2 Å². The first-order valence-corrected chi connectivity index (χ1v) is 6.97. The minimum absolute atomic E-state index is 0.165. The van der Waals surface area contributed by atoms with E-state index in [0.29, 0.717) is 29.1 Å². The monoisotopic (exact) mass is 265 g/mol. The van der Waals surface area contributed by atoms with Gasteiger partial charge in [-0.1, -0.05) is 30.7 Å². The maximum Gasteiger partial charge on any atom is 0.176 e. The predicted octanol–water partition coefficient (Wildman–Crippen LogP) is 3.64. The molecule has 0 aliphatic carbocycles. The number of ketones is 1. The average molecular weight is 266 g/mol. The van der Waals surface area contributed by atoms with Crippen LogP contribution in [0.3, 0.4) is 0 Å². The molecule has 0 amide bonds. The fourth-order valence-corrected chi connectivity index (χ4v) is 2.73. The molecule has 0 radical (unpaired) electrons. The van der Waals surface area contributed by atoms with Gasteiger partial charge in [-0.15, -0.1) is 0 Å². The molecule has 0 N–H and O–H groups in total. The van der Waals surface area contributed by atoms with Crippen molar-refractivity contribution >= 4 is 17.4 Å². The van der Waals surface area contributed by atoms with Gasteiger partial charge in [0.25, 0.3) is 0 Å². The van der Waals surface area contributed by atoms with Gasteiger partial charge in [-0.25, -0.2) is 0 Å². The molecule has 2 unspecified atom stereocenters. The molecule has 1 heterocycles. The predicted molar refractivity (Wildman–Crippen MR) is 75.2 cm³/mol. The Labute approximate surface area is 114 Å². The Kier molecular flexibility index (Phi) is 4.41. The molecule has 1 aromatic carbocycles. The molecule has 1 aliphatic rings. The van der Waals surface area contributed by atoms with Crippen LogP contribution < -0.4 is 0 Å². The van der Waals surface area contributed by atoms with Crippen molar-refractivity contribution in [2.75, 3.05) is 13.1 Å². The quantitative estimate of drug-likeness (QED) is 0.778. The van der Waals surface area contributed by atoms with Crippen LogP contribution in [0.1, 0.15) is 37.0 Å². The number of hydrogen-bond donors (Lipinski definition) is 0. The van der Waals surface area contributed by atoms with Gasteiger partial charge in [-0.05, 0) is 37.8 Å². The third-order valence-electron chi connectivity index (χ3n) is 3.74. The number of hydrogen-bond acceptors (Lipinski definition) is 2. The molecule has 1 saturated heterocycles. The normalized spacial score (nSPS) is 25.1. The van der Waals surface area contributed by atoms with Crippen molar-refractivity contribution in [1.82, 2.24) is 4.90 Å². The highest BCUT2D eigenvalue weighted by atomic mass is 35.5. The molecular formula is C15H20ClNO. The summed E-state index contributed by atoms with van der Waals surface area (Å²) in [6.07, 6.45) is 2.45. The van der Waals surface area contributed by atoms with Gasteiger partial charge >= 0.3 is 0 Å². The number of halogens is 1. The summed E-state index contributed by atoms with van der Waals surface area (Å²) in [5.41, 5.74) is 0.716. The van der Waals surface area contributed by atoms with E-state index in [4.69, 9.17) is 11.6 Å². The van der Waals surface area contributed by atoms with E-state index in [-0.39, 0.29) is 5.78 Å². The first-order chi connectivity index (χ1) is 8.56.